The van der Waals surface area contributed by atoms with Crippen molar-refractivity contribution in [1.29, 1.82) is 0 Å². The molecular formula is C29H23Cl2N3O5. The van der Waals surface area contributed by atoms with Gasteiger partial charge >= 0.3 is 6.09 Å². The van der Waals surface area contributed by atoms with E-state index < -0.39 is 23.9 Å². The molecule has 0 aromatic heterocycles. The third kappa shape index (κ3) is 5.53. The number of carbonyl (C=O) groups excluding carboxylic acids is 4. The number of imide groups is 1. The lowest BCUT2D eigenvalue weighted by Crippen LogP contribution is -2.43. The number of rotatable bonds is 6. The molecule has 2 aliphatic heterocycles. The van der Waals surface area contributed by atoms with Crippen LogP contribution >= 0.6 is 23.2 Å². The van der Waals surface area contributed by atoms with Crippen LogP contribution in [0.4, 0.5) is 16.2 Å². The van der Waals surface area contributed by atoms with Crippen LogP contribution in [-0.4, -0.2) is 41.3 Å². The first-order valence-corrected chi connectivity index (χ1v) is 13.0. The number of hydrogen-bond donors (Lipinski definition) is 1. The largest absolute Gasteiger partial charge is 0.445 e. The first-order valence-electron chi connectivity index (χ1n) is 12.3. The monoisotopic (exact) mass is 563 g/mol. The van der Waals surface area contributed by atoms with E-state index in [-0.39, 0.29) is 22.6 Å². The van der Waals surface area contributed by atoms with E-state index in [4.69, 9.17) is 27.9 Å². The zero-order valence-electron chi connectivity index (χ0n) is 20.6. The molecule has 1 fully saturated rings. The molecule has 0 saturated carbocycles. The molecule has 2 aliphatic rings. The average Bonchev–Trinajstić information content (AvgIpc) is 3.53. The number of anilines is 2. The summed E-state index contributed by atoms with van der Waals surface area (Å²) in [5.41, 5.74) is 3.38. The highest BCUT2D eigenvalue weighted by Crippen LogP contribution is 2.33. The molecule has 0 spiro atoms. The van der Waals surface area contributed by atoms with E-state index >= 15 is 0 Å². The number of benzene rings is 3. The smallest absolute Gasteiger partial charge is 0.410 e. The van der Waals surface area contributed by atoms with Gasteiger partial charge in [0.25, 0.3) is 11.8 Å². The van der Waals surface area contributed by atoms with E-state index in [1.807, 2.05) is 36.4 Å². The van der Waals surface area contributed by atoms with Crippen LogP contribution in [0.1, 0.15) is 18.4 Å². The molecule has 2 heterocycles. The molecule has 39 heavy (non-hydrogen) atoms. The summed E-state index contributed by atoms with van der Waals surface area (Å²) in [7, 11) is 0. The Morgan fingerprint density at radius 3 is 2.26 bits per heavy atom. The second-order valence-corrected chi connectivity index (χ2v) is 9.84. The van der Waals surface area contributed by atoms with Gasteiger partial charge < -0.3 is 10.1 Å². The maximum Gasteiger partial charge on any atom is 0.410 e. The summed E-state index contributed by atoms with van der Waals surface area (Å²) in [5.74, 6) is -1.63. The Kier molecular flexibility index (Phi) is 7.67. The lowest BCUT2D eigenvalue weighted by molar-refractivity contribution is -0.121. The maximum atomic E-state index is 13.1. The molecule has 3 aromatic carbocycles. The topological polar surface area (TPSA) is 96.0 Å². The number of carbonyl (C=O) groups is 4. The van der Waals surface area contributed by atoms with Gasteiger partial charge in [-0.15, -0.1) is 0 Å². The fraction of sp³-hybridized carbons (Fsp3) is 0.172. The molecule has 8 nitrogen and oxygen atoms in total. The van der Waals surface area contributed by atoms with Gasteiger partial charge in [-0.2, -0.15) is 0 Å². The first kappa shape index (κ1) is 26.5. The zero-order valence-corrected chi connectivity index (χ0v) is 22.1. The molecule has 0 aliphatic carbocycles. The van der Waals surface area contributed by atoms with Gasteiger partial charge in [-0.3, -0.25) is 19.3 Å². The normalized spacial score (nSPS) is 17.1. The first-order chi connectivity index (χ1) is 18.8. The van der Waals surface area contributed by atoms with Gasteiger partial charge in [0.15, 0.2) is 0 Å². The molecule has 5 rings (SSSR count). The van der Waals surface area contributed by atoms with Crippen molar-refractivity contribution < 1.29 is 23.9 Å². The van der Waals surface area contributed by atoms with Gasteiger partial charge in [0.05, 0.1) is 5.69 Å². The van der Waals surface area contributed by atoms with Crippen LogP contribution in [0, 0.1) is 0 Å². The molecule has 198 valence electrons. The zero-order chi connectivity index (χ0) is 27.5. The highest BCUT2D eigenvalue weighted by atomic mass is 35.5. The molecule has 1 unspecified atom stereocenters. The molecule has 1 atom stereocenters. The van der Waals surface area contributed by atoms with Crippen molar-refractivity contribution in [3.63, 3.8) is 0 Å². The Balaban J connectivity index is 1.24. The van der Waals surface area contributed by atoms with Crippen LogP contribution in [0.15, 0.2) is 88.9 Å². The van der Waals surface area contributed by atoms with Crippen molar-refractivity contribution in [2.24, 2.45) is 0 Å². The Bertz CT molecular complexity index is 1450. The number of likely N-dealkylation sites (tertiary alicyclic amines) is 1. The van der Waals surface area contributed by atoms with Crippen molar-refractivity contribution in [3.05, 3.63) is 94.5 Å². The van der Waals surface area contributed by atoms with E-state index in [9.17, 15) is 19.2 Å². The highest BCUT2D eigenvalue weighted by molar-refractivity contribution is 6.62. The summed E-state index contributed by atoms with van der Waals surface area (Å²) < 4.78 is 5.44. The minimum Gasteiger partial charge on any atom is -0.445 e. The summed E-state index contributed by atoms with van der Waals surface area (Å²) in [6.07, 6.45) is 0.737. The van der Waals surface area contributed by atoms with E-state index in [0.29, 0.717) is 30.8 Å². The highest BCUT2D eigenvalue weighted by Gasteiger charge is 2.38. The lowest BCUT2D eigenvalue weighted by Gasteiger charge is -2.23. The molecule has 1 saturated heterocycles. The van der Waals surface area contributed by atoms with Gasteiger partial charge in [0.2, 0.25) is 5.91 Å². The summed E-state index contributed by atoms with van der Waals surface area (Å²) in [5, 5.41) is 2.30. The molecule has 10 heteroatoms. The van der Waals surface area contributed by atoms with E-state index in [1.54, 1.807) is 42.5 Å². The Labute approximate surface area is 234 Å². The third-order valence-electron chi connectivity index (χ3n) is 6.56. The molecule has 4 amide bonds. The van der Waals surface area contributed by atoms with Crippen LogP contribution in [-0.2, 0) is 25.7 Å². The Morgan fingerprint density at radius 2 is 1.56 bits per heavy atom. The minimum absolute atomic E-state index is 0.141. The number of hydrogen-bond acceptors (Lipinski definition) is 5. The Hall–Kier alpha value is -4.14. The summed E-state index contributed by atoms with van der Waals surface area (Å²) in [6, 6.07) is 22.7. The van der Waals surface area contributed by atoms with Crippen LogP contribution in [0.3, 0.4) is 0 Å². The number of nitrogens with one attached hydrogen (secondary N) is 1. The van der Waals surface area contributed by atoms with Crippen molar-refractivity contribution in [1.82, 2.24) is 4.90 Å². The second kappa shape index (κ2) is 11.3. The number of amides is 4. The van der Waals surface area contributed by atoms with Gasteiger partial charge in [-0.05, 0) is 53.8 Å². The minimum atomic E-state index is -0.672. The number of ether oxygens (including phenoxy) is 1. The van der Waals surface area contributed by atoms with Gasteiger partial charge in [0.1, 0.15) is 22.7 Å². The summed E-state index contributed by atoms with van der Waals surface area (Å²) in [4.78, 5) is 52.7. The Morgan fingerprint density at radius 1 is 0.872 bits per heavy atom. The second-order valence-electron chi connectivity index (χ2n) is 9.08. The molecule has 3 aromatic rings. The predicted octanol–water partition coefficient (Wildman–Crippen LogP) is 5.66. The van der Waals surface area contributed by atoms with Crippen molar-refractivity contribution in [3.8, 4) is 11.1 Å². The van der Waals surface area contributed by atoms with Gasteiger partial charge in [-0.1, -0.05) is 77.8 Å². The van der Waals surface area contributed by atoms with Crippen LogP contribution in [0.2, 0.25) is 0 Å². The predicted molar refractivity (Wildman–Crippen MR) is 148 cm³/mol. The van der Waals surface area contributed by atoms with Gasteiger partial charge in [-0.25, -0.2) is 9.69 Å². The third-order valence-corrected chi connectivity index (χ3v) is 7.36. The summed E-state index contributed by atoms with van der Waals surface area (Å²) in [6.45, 7) is 0.591. The maximum absolute atomic E-state index is 13.1. The molecular weight excluding hydrogens is 541 g/mol. The molecule has 0 bridgehead atoms. The summed E-state index contributed by atoms with van der Waals surface area (Å²) >= 11 is 11.7. The van der Waals surface area contributed by atoms with Crippen molar-refractivity contribution in [2.75, 3.05) is 16.8 Å². The quantitative estimate of drug-likeness (QED) is 0.390. The standard InChI is InChI=1S/C29H23Cl2N3O5/c30-24-25(31)28(37)34(27(24)36)22-13-11-19(12-14-22)20-8-4-9-21(16-20)32-26(35)23-10-5-15-33(23)29(38)39-17-18-6-2-1-3-7-18/h1-4,6-9,11-14,16,23H,5,10,15,17H2,(H,32,35). The van der Waals surface area contributed by atoms with Crippen LogP contribution < -0.4 is 10.2 Å². The number of halogens is 2. The van der Waals surface area contributed by atoms with Crippen LogP contribution in [0.5, 0.6) is 0 Å². The molecule has 0 radical (unpaired) electrons. The van der Waals surface area contributed by atoms with Crippen molar-refractivity contribution in [2.45, 2.75) is 25.5 Å². The number of nitrogens with zero attached hydrogens (tertiary/aromatic N) is 2. The molecule has 1 N–H and O–H groups in total. The lowest BCUT2D eigenvalue weighted by atomic mass is 10.0. The SMILES string of the molecule is O=C(Nc1cccc(-c2ccc(N3C(=O)C(Cl)=C(Cl)C3=O)cc2)c1)C1CCCN1C(=O)OCc1ccccc1. The van der Waals surface area contributed by atoms with E-state index in [1.165, 1.54) is 4.90 Å². The fourth-order valence-electron chi connectivity index (χ4n) is 4.58. The van der Waals surface area contributed by atoms with Crippen LogP contribution in [0.25, 0.3) is 11.1 Å². The van der Waals surface area contributed by atoms with Gasteiger partial charge in [0, 0.05) is 12.2 Å². The fourth-order valence-corrected chi connectivity index (χ4v) is 4.91. The van der Waals surface area contributed by atoms with Crippen molar-refractivity contribution >= 4 is 58.4 Å². The average molecular weight is 564 g/mol. The van der Waals surface area contributed by atoms with E-state index in [0.717, 1.165) is 21.6 Å². The van der Waals surface area contributed by atoms with E-state index in [2.05, 4.69) is 5.32 Å².